The first kappa shape index (κ1) is 24.9. The number of nitrogens with one attached hydrogen (secondary N) is 2. The number of hydrogen-bond donors (Lipinski definition) is 2. The molecular formula is C28H30ClFN6O3. The van der Waals surface area contributed by atoms with E-state index in [1.807, 2.05) is 10.6 Å². The summed E-state index contributed by atoms with van der Waals surface area (Å²) < 4.78 is 23.1. The van der Waals surface area contributed by atoms with E-state index in [2.05, 4.69) is 15.7 Å². The van der Waals surface area contributed by atoms with Crippen molar-refractivity contribution < 1.29 is 13.9 Å². The van der Waals surface area contributed by atoms with Crippen molar-refractivity contribution in [2.45, 2.75) is 62.6 Å². The number of carbonyl (C=O) groups is 1. The Morgan fingerprint density at radius 2 is 2.00 bits per heavy atom. The number of benzene rings is 1. The number of alkyl halides is 1. The van der Waals surface area contributed by atoms with Crippen LogP contribution in [0.2, 0.25) is 5.02 Å². The van der Waals surface area contributed by atoms with Crippen LogP contribution in [0, 0.1) is 0 Å². The van der Waals surface area contributed by atoms with Crippen molar-refractivity contribution in [3.63, 3.8) is 0 Å². The third-order valence-corrected chi connectivity index (χ3v) is 9.10. The third-order valence-electron chi connectivity index (χ3n) is 8.79. The zero-order chi connectivity index (χ0) is 26.8. The standard InChI is InChI=1S/C28H30ClFN6O3/c29-19-15-18(28(30)7-8-28)1-2-20(19)32-22(37)16-35-21-3-6-27(9-11-31-12-10-27)23(21)25(38)36-26(35)33-24(34-36)17-4-13-39-14-5-17/h1-2,4,15,31H,3,5-14,16H2,(H,32,37). The Balaban J connectivity index is 1.28. The molecule has 0 bridgehead atoms. The van der Waals surface area contributed by atoms with E-state index in [4.69, 9.17) is 21.3 Å². The minimum atomic E-state index is -1.30. The SMILES string of the molecule is O=C(Cn1c2c(c(=O)n3nc(C4=CCOCC4)nc13)C1(CCNCC1)CC2)Nc1ccc(C2(F)CC2)cc1Cl. The number of nitrogens with zero attached hydrogens (tertiary/aromatic N) is 4. The molecule has 1 saturated heterocycles. The molecule has 2 aliphatic heterocycles. The Labute approximate surface area is 229 Å². The van der Waals surface area contributed by atoms with Gasteiger partial charge in [-0.1, -0.05) is 23.7 Å². The molecule has 4 aliphatic rings. The van der Waals surface area contributed by atoms with Crippen LogP contribution < -0.4 is 16.2 Å². The van der Waals surface area contributed by atoms with Crippen LogP contribution in [0.25, 0.3) is 11.4 Å². The third kappa shape index (κ3) is 4.20. The molecule has 39 heavy (non-hydrogen) atoms. The molecule has 1 saturated carbocycles. The molecule has 2 N–H and O–H groups in total. The highest BCUT2D eigenvalue weighted by Gasteiger charge is 2.46. The summed E-state index contributed by atoms with van der Waals surface area (Å²) in [6.45, 7) is 2.70. The van der Waals surface area contributed by atoms with Gasteiger partial charge < -0.3 is 19.9 Å². The molecule has 7 rings (SSSR count). The largest absolute Gasteiger partial charge is 0.377 e. The van der Waals surface area contributed by atoms with E-state index in [0.29, 0.717) is 66.8 Å². The maximum atomic E-state index is 14.5. The summed E-state index contributed by atoms with van der Waals surface area (Å²) in [5.41, 5.74) is 1.86. The molecule has 3 aromatic rings. The lowest BCUT2D eigenvalue weighted by Crippen LogP contribution is -2.42. The summed E-state index contributed by atoms with van der Waals surface area (Å²) in [6.07, 6.45) is 6.88. The highest BCUT2D eigenvalue weighted by atomic mass is 35.5. The van der Waals surface area contributed by atoms with Gasteiger partial charge in [0.2, 0.25) is 11.7 Å². The summed E-state index contributed by atoms with van der Waals surface area (Å²) >= 11 is 6.43. The molecule has 2 fully saturated rings. The maximum Gasteiger partial charge on any atom is 0.279 e. The fourth-order valence-electron chi connectivity index (χ4n) is 6.44. The van der Waals surface area contributed by atoms with Crippen molar-refractivity contribution in [3.8, 4) is 0 Å². The molecule has 1 spiro atoms. The van der Waals surface area contributed by atoms with Crippen LogP contribution in [-0.2, 0) is 33.6 Å². The van der Waals surface area contributed by atoms with Gasteiger partial charge in [-0.2, -0.15) is 9.50 Å². The van der Waals surface area contributed by atoms with Crippen LogP contribution in [-0.4, -0.2) is 51.4 Å². The second-order valence-corrected chi connectivity index (χ2v) is 11.6. The van der Waals surface area contributed by atoms with Crippen molar-refractivity contribution in [2.75, 3.05) is 31.6 Å². The molecule has 9 nitrogen and oxygen atoms in total. The number of anilines is 1. The van der Waals surface area contributed by atoms with Crippen LogP contribution in [0.5, 0.6) is 0 Å². The number of fused-ring (bicyclic) bond motifs is 3. The number of piperidine rings is 1. The zero-order valence-electron chi connectivity index (χ0n) is 21.6. The van der Waals surface area contributed by atoms with E-state index >= 15 is 0 Å². The van der Waals surface area contributed by atoms with E-state index in [9.17, 15) is 14.0 Å². The molecule has 0 atom stereocenters. The first-order chi connectivity index (χ1) is 18.9. The Kier molecular flexibility index (Phi) is 5.91. The van der Waals surface area contributed by atoms with Crippen LogP contribution in [0.3, 0.4) is 0 Å². The number of aromatic nitrogens is 4. The van der Waals surface area contributed by atoms with Crippen molar-refractivity contribution in [1.82, 2.24) is 24.5 Å². The minimum absolute atomic E-state index is 0.0497. The van der Waals surface area contributed by atoms with Crippen LogP contribution in [0.15, 0.2) is 29.1 Å². The summed E-state index contributed by atoms with van der Waals surface area (Å²) in [4.78, 5) is 32.1. The summed E-state index contributed by atoms with van der Waals surface area (Å²) in [7, 11) is 0. The van der Waals surface area contributed by atoms with Crippen LogP contribution >= 0.6 is 11.6 Å². The van der Waals surface area contributed by atoms with Crippen molar-refractivity contribution in [3.05, 3.63) is 62.3 Å². The average molecular weight is 553 g/mol. The van der Waals surface area contributed by atoms with Gasteiger partial charge in [0.1, 0.15) is 12.2 Å². The number of hydrogen-bond acceptors (Lipinski definition) is 6. The second-order valence-electron chi connectivity index (χ2n) is 11.2. The first-order valence-electron chi connectivity index (χ1n) is 13.7. The van der Waals surface area contributed by atoms with Gasteiger partial charge in [0.05, 0.1) is 23.9 Å². The van der Waals surface area contributed by atoms with E-state index in [1.165, 1.54) is 4.52 Å². The predicted octanol–water partition coefficient (Wildman–Crippen LogP) is 3.51. The number of ether oxygens (including phenoxy) is 1. The van der Waals surface area contributed by atoms with Crippen LogP contribution in [0.4, 0.5) is 10.1 Å². The zero-order valence-corrected chi connectivity index (χ0v) is 22.3. The van der Waals surface area contributed by atoms with Gasteiger partial charge in [-0.05, 0) is 81.3 Å². The lowest BCUT2D eigenvalue weighted by Gasteiger charge is -2.34. The van der Waals surface area contributed by atoms with E-state index < -0.39 is 5.67 Å². The monoisotopic (exact) mass is 552 g/mol. The molecule has 2 aromatic heterocycles. The highest BCUT2D eigenvalue weighted by Crippen LogP contribution is 2.50. The Hall–Kier alpha value is -3.08. The van der Waals surface area contributed by atoms with Gasteiger partial charge in [-0.3, -0.25) is 9.59 Å². The molecular weight excluding hydrogens is 523 g/mol. The molecule has 2 aliphatic carbocycles. The quantitative estimate of drug-likeness (QED) is 0.502. The topological polar surface area (TPSA) is 103 Å². The fourth-order valence-corrected chi connectivity index (χ4v) is 6.67. The molecule has 0 radical (unpaired) electrons. The summed E-state index contributed by atoms with van der Waals surface area (Å²) in [6, 6.07) is 4.92. The van der Waals surface area contributed by atoms with Gasteiger partial charge in [-0.15, -0.1) is 5.10 Å². The summed E-state index contributed by atoms with van der Waals surface area (Å²) in [5, 5.41) is 11.2. The average Bonchev–Trinajstić information content (AvgIpc) is 3.38. The minimum Gasteiger partial charge on any atom is -0.377 e. The maximum absolute atomic E-state index is 14.5. The van der Waals surface area contributed by atoms with E-state index in [1.54, 1.807) is 18.2 Å². The summed E-state index contributed by atoms with van der Waals surface area (Å²) in [5.74, 6) is 0.545. The molecule has 1 aromatic carbocycles. The van der Waals surface area contributed by atoms with Crippen molar-refractivity contribution >= 4 is 34.5 Å². The molecule has 204 valence electrons. The number of carbonyl (C=O) groups excluding carboxylic acids is 1. The number of amides is 1. The smallest absolute Gasteiger partial charge is 0.279 e. The molecule has 11 heteroatoms. The van der Waals surface area contributed by atoms with Gasteiger partial charge in [0.15, 0.2) is 5.82 Å². The Bertz CT molecular complexity index is 1580. The van der Waals surface area contributed by atoms with Crippen molar-refractivity contribution in [2.24, 2.45) is 0 Å². The number of rotatable bonds is 5. The highest BCUT2D eigenvalue weighted by molar-refractivity contribution is 6.33. The second kappa shape index (κ2) is 9.25. The number of halogens is 2. The fraction of sp³-hybridized carbons (Fsp3) is 0.500. The van der Waals surface area contributed by atoms with Gasteiger partial charge >= 0.3 is 0 Å². The van der Waals surface area contributed by atoms with Crippen LogP contribution in [0.1, 0.15) is 61.2 Å². The van der Waals surface area contributed by atoms with Gasteiger partial charge in [0, 0.05) is 16.7 Å². The van der Waals surface area contributed by atoms with Gasteiger partial charge in [0.25, 0.3) is 5.56 Å². The van der Waals surface area contributed by atoms with E-state index in [-0.39, 0.29) is 23.4 Å². The molecule has 4 heterocycles. The predicted molar refractivity (Wildman–Crippen MR) is 145 cm³/mol. The lowest BCUT2D eigenvalue weighted by molar-refractivity contribution is -0.116. The normalized spacial score (nSPS) is 21.1. The Morgan fingerprint density at radius 1 is 1.18 bits per heavy atom. The first-order valence-corrected chi connectivity index (χ1v) is 14.0. The molecule has 0 unspecified atom stereocenters. The van der Waals surface area contributed by atoms with Crippen molar-refractivity contribution in [1.29, 1.82) is 0 Å². The van der Waals surface area contributed by atoms with Gasteiger partial charge in [-0.25, -0.2) is 4.39 Å². The Morgan fingerprint density at radius 3 is 2.72 bits per heavy atom. The lowest BCUT2D eigenvalue weighted by atomic mass is 9.75. The molecule has 1 amide bonds. The van der Waals surface area contributed by atoms with E-state index in [0.717, 1.165) is 49.2 Å².